The number of imidazole rings is 1. The molecule has 0 bridgehead atoms. The van der Waals surface area contributed by atoms with E-state index in [4.69, 9.17) is 9.72 Å². The summed E-state index contributed by atoms with van der Waals surface area (Å²) in [6.07, 6.45) is 3.85. The van der Waals surface area contributed by atoms with Crippen LogP contribution in [0.3, 0.4) is 0 Å². The van der Waals surface area contributed by atoms with Crippen LogP contribution in [0.4, 0.5) is 15.3 Å². The van der Waals surface area contributed by atoms with E-state index in [1.54, 1.807) is 22.1 Å². The summed E-state index contributed by atoms with van der Waals surface area (Å²) in [5.74, 6) is -0.287. The molecule has 308 valence electrons. The van der Waals surface area contributed by atoms with E-state index >= 15 is 0 Å². The molecule has 2 saturated heterocycles. The number of thiazole rings is 1. The van der Waals surface area contributed by atoms with Crippen LogP contribution in [-0.4, -0.2) is 106 Å². The Morgan fingerprint density at radius 3 is 2.32 bits per heavy atom. The predicted octanol–water partition coefficient (Wildman–Crippen LogP) is 6.34. The minimum absolute atomic E-state index is 0.123. The Hall–Kier alpha value is -6.13. The highest BCUT2D eigenvalue weighted by Crippen LogP contribution is 2.35. The van der Waals surface area contributed by atoms with Crippen LogP contribution in [-0.2, 0) is 19.1 Å². The molecule has 0 saturated carbocycles. The number of fused-ring (bicyclic) bond motifs is 1. The summed E-state index contributed by atoms with van der Waals surface area (Å²) in [6, 6.07) is 19.9. The van der Waals surface area contributed by atoms with Crippen molar-refractivity contribution >= 4 is 57.1 Å². The first-order chi connectivity index (χ1) is 28.4. The monoisotopic (exact) mass is 819 g/mol. The van der Waals surface area contributed by atoms with Crippen LogP contribution in [0.25, 0.3) is 32.0 Å². The summed E-state index contributed by atoms with van der Waals surface area (Å²) in [5.41, 5.74) is 4.75. The van der Waals surface area contributed by atoms with Gasteiger partial charge < -0.3 is 30.2 Å². The van der Waals surface area contributed by atoms with Crippen LogP contribution in [0, 0.1) is 5.92 Å². The number of methoxy groups -OCH3 is 1. The molecule has 0 radical (unpaired) electrons. The van der Waals surface area contributed by atoms with Crippen LogP contribution >= 0.6 is 11.3 Å². The molecule has 15 nitrogen and oxygen atoms in total. The molecule has 16 heteroatoms. The molecule has 5 aromatic rings. The highest BCUT2D eigenvalue weighted by molar-refractivity contribution is 7.21. The molecule has 0 spiro atoms. The van der Waals surface area contributed by atoms with Gasteiger partial charge in [-0.1, -0.05) is 68.4 Å². The van der Waals surface area contributed by atoms with Gasteiger partial charge in [0.05, 0.1) is 35.3 Å². The second-order valence-corrected chi connectivity index (χ2v) is 16.4. The van der Waals surface area contributed by atoms with Crippen molar-refractivity contribution in [2.24, 2.45) is 5.92 Å². The van der Waals surface area contributed by atoms with Gasteiger partial charge in [-0.05, 0) is 75.0 Å². The number of ether oxygens (including phenoxy) is 1. The molecule has 4 atom stereocenters. The van der Waals surface area contributed by atoms with Crippen molar-refractivity contribution in [1.82, 2.24) is 40.3 Å². The number of alkyl carbamates (subject to hydrolysis) is 1. The summed E-state index contributed by atoms with van der Waals surface area (Å²) in [5, 5.41) is 8.70. The Bertz CT molecular complexity index is 2330. The van der Waals surface area contributed by atoms with E-state index in [0.717, 1.165) is 50.5 Å². The number of anilines is 1. The number of urea groups is 1. The number of amides is 6. The van der Waals surface area contributed by atoms with Gasteiger partial charge in [-0.15, -0.1) is 11.3 Å². The molecule has 2 fully saturated rings. The lowest BCUT2D eigenvalue weighted by Crippen LogP contribution is -2.51. The number of carbonyl (C=O) groups is 5. The van der Waals surface area contributed by atoms with Crippen molar-refractivity contribution in [2.75, 3.05) is 39.6 Å². The maximum atomic E-state index is 13.7. The largest absolute Gasteiger partial charge is 0.453 e. The normalized spacial score (nSPS) is 17.6. The molecule has 7 rings (SSSR count). The van der Waals surface area contributed by atoms with E-state index in [1.165, 1.54) is 18.4 Å². The predicted molar refractivity (Wildman–Crippen MR) is 225 cm³/mol. The summed E-state index contributed by atoms with van der Waals surface area (Å²) in [7, 11) is 4.95. The number of rotatable bonds is 11. The zero-order chi connectivity index (χ0) is 41.8. The molecule has 0 aliphatic carbocycles. The van der Waals surface area contributed by atoms with Gasteiger partial charge in [-0.25, -0.2) is 19.6 Å². The minimum Gasteiger partial charge on any atom is -0.453 e. The third-order valence-electron chi connectivity index (χ3n) is 10.9. The number of imide groups is 1. The Balaban J connectivity index is 0.974. The maximum absolute atomic E-state index is 13.7. The third kappa shape index (κ3) is 8.98. The number of H-pyrrole nitrogens is 1. The van der Waals surface area contributed by atoms with Gasteiger partial charge in [0.25, 0.3) is 5.91 Å². The Morgan fingerprint density at radius 2 is 1.61 bits per heavy atom. The fraction of sp³-hybridized carbons (Fsp3) is 0.372. The second kappa shape index (κ2) is 17.8. The lowest BCUT2D eigenvalue weighted by Gasteiger charge is -2.31. The van der Waals surface area contributed by atoms with E-state index in [1.807, 2.05) is 99.6 Å². The highest BCUT2D eigenvalue weighted by atomic mass is 32.1. The number of nitrogens with one attached hydrogen (secondary N) is 4. The summed E-state index contributed by atoms with van der Waals surface area (Å²) < 4.78 is 5.60. The number of hydrogen-bond acceptors (Lipinski definition) is 10. The van der Waals surface area contributed by atoms with Gasteiger partial charge in [-0.3, -0.25) is 24.6 Å². The first-order valence-corrected chi connectivity index (χ1v) is 20.6. The van der Waals surface area contributed by atoms with E-state index in [9.17, 15) is 24.0 Å². The zero-order valence-corrected chi connectivity index (χ0v) is 34.5. The van der Waals surface area contributed by atoms with Crippen molar-refractivity contribution in [1.29, 1.82) is 0 Å². The van der Waals surface area contributed by atoms with Crippen LogP contribution < -0.4 is 16.0 Å². The van der Waals surface area contributed by atoms with E-state index < -0.39 is 36.2 Å². The Kier molecular flexibility index (Phi) is 12.4. The topological polar surface area (TPSA) is 182 Å². The molecule has 3 aromatic carbocycles. The Morgan fingerprint density at radius 1 is 0.898 bits per heavy atom. The van der Waals surface area contributed by atoms with Gasteiger partial charge in [-0.2, -0.15) is 0 Å². The molecule has 6 amide bonds. The average molecular weight is 820 g/mol. The van der Waals surface area contributed by atoms with Gasteiger partial charge in [0.1, 0.15) is 29.0 Å². The molecule has 2 aliphatic rings. The SMILES string of the molecule is COC(=O)N[C@H](C(=O)N1CCC[C@H]1c1ncc(-c2ccc(-c3nc4ccc(NC(=O)NC(=O)[C@@H]5CCCN5C(=O)[C@@H](c5ccccc5)N(C)C)cc4s3)cc2)[nH]1)C(C)C. The molecule has 59 heavy (non-hydrogen) atoms. The number of carbonyl (C=O) groups excluding carboxylic acids is 5. The number of likely N-dealkylation sites (tertiary alicyclic amines) is 2. The van der Waals surface area contributed by atoms with Gasteiger partial charge in [0.2, 0.25) is 11.8 Å². The van der Waals surface area contributed by atoms with Gasteiger partial charge in [0.15, 0.2) is 0 Å². The fourth-order valence-electron chi connectivity index (χ4n) is 7.88. The zero-order valence-electron chi connectivity index (χ0n) is 33.7. The van der Waals surface area contributed by atoms with Crippen molar-refractivity contribution < 1.29 is 28.7 Å². The summed E-state index contributed by atoms with van der Waals surface area (Å²) >= 11 is 1.48. The first kappa shape index (κ1) is 41.0. The number of aromatic nitrogens is 3. The van der Waals surface area contributed by atoms with Crippen molar-refractivity contribution in [2.45, 2.75) is 63.7 Å². The molecular weight excluding hydrogens is 771 g/mol. The summed E-state index contributed by atoms with van der Waals surface area (Å²) in [6.45, 7) is 4.79. The van der Waals surface area contributed by atoms with Gasteiger partial charge in [0, 0.05) is 24.3 Å². The Labute approximate surface area is 346 Å². The van der Waals surface area contributed by atoms with Crippen LogP contribution in [0.15, 0.2) is 79.0 Å². The van der Waals surface area contributed by atoms with Crippen LogP contribution in [0.1, 0.15) is 63.0 Å². The van der Waals surface area contributed by atoms with E-state index in [0.29, 0.717) is 37.4 Å². The quantitative estimate of drug-likeness (QED) is 0.118. The third-order valence-corrected chi connectivity index (χ3v) is 11.9. The van der Waals surface area contributed by atoms with E-state index in [-0.39, 0.29) is 23.8 Å². The number of aromatic amines is 1. The number of likely N-dealkylation sites (N-methyl/N-ethyl adjacent to an activating group) is 1. The van der Waals surface area contributed by atoms with Crippen LogP contribution in [0.2, 0.25) is 0 Å². The lowest BCUT2D eigenvalue weighted by molar-refractivity contribution is -0.142. The molecule has 2 aromatic heterocycles. The average Bonchev–Trinajstić information content (AvgIpc) is 4.06. The van der Waals surface area contributed by atoms with Gasteiger partial charge >= 0.3 is 12.1 Å². The second-order valence-electron chi connectivity index (χ2n) is 15.4. The number of hydrogen-bond donors (Lipinski definition) is 4. The maximum Gasteiger partial charge on any atom is 0.407 e. The van der Waals surface area contributed by atoms with Crippen molar-refractivity contribution in [3.05, 3.63) is 90.4 Å². The van der Waals surface area contributed by atoms with E-state index in [2.05, 4.69) is 25.9 Å². The van der Waals surface area contributed by atoms with Crippen LogP contribution in [0.5, 0.6) is 0 Å². The smallest absolute Gasteiger partial charge is 0.407 e. The first-order valence-electron chi connectivity index (χ1n) is 19.8. The molecule has 0 unspecified atom stereocenters. The standard InChI is InChI=1S/C43H49N9O6S/c1-25(2)35(48-43(57)58-5)40(54)51-21-9-13-32(51)37-44-24-31(46-37)26-15-17-28(18-16-26)39-47-30-20-19-29(23-34(30)59-39)45-42(56)49-38(53)33-14-10-22-52(33)41(55)36(50(3)4)27-11-7-6-8-12-27/h6-8,11-12,15-20,23-25,32-33,35-36H,9-10,13-14,21-22H2,1-5H3,(H,44,46)(H,48,57)(H2,45,49,53,56)/t32-,33-,35-,36+/m0/s1. The molecule has 4 heterocycles. The molecule has 2 aliphatic heterocycles. The minimum atomic E-state index is -0.748. The fourth-order valence-corrected chi connectivity index (χ4v) is 8.89. The molecule has 4 N–H and O–H groups in total. The molecular formula is C43H49N9O6S. The highest BCUT2D eigenvalue weighted by Gasteiger charge is 2.40. The number of benzene rings is 3. The van der Waals surface area contributed by atoms with Crippen molar-refractivity contribution in [3.8, 4) is 21.8 Å². The number of nitrogens with zero attached hydrogens (tertiary/aromatic N) is 5. The van der Waals surface area contributed by atoms with Crippen molar-refractivity contribution in [3.63, 3.8) is 0 Å². The summed E-state index contributed by atoms with van der Waals surface area (Å²) in [4.78, 5) is 83.6. The lowest BCUT2D eigenvalue weighted by atomic mass is 10.0.